The second kappa shape index (κ2) is 9.88. The minimum atomic E-state index is -3.73. The highest BCUT2D eigenvalue weighted by Gasteiger charge is 2.32. The highest BCUT2D eigenvalue weighted by atomic mass is 32.2. The molecule has 11 heteroatoms. The van der Waals surface area contributed by atoms with Crippen molar-refractivity contribution in [2.75, 3.05) is 32.2 Å². The van der Waals surface area contributed by atoms with Gasteiger partial charge in [0.25, 0.3) is 0 Å². The molecule has 32 heavy (non-hydrogen) atoms. The Bertz CT molecular complexity index is 1090. The SMILES string of the molecule is COc1ccc(N2C[C@@H](NC(=O)NCCc3ccc(S(N)(=O)=O)cc3)CC2=O)cc1OC. The molecule has 0 aromatic heterocycles. The van der Waals surface area contributed by atoms with Crippen molar-refractivity contribution in [2.45, 2.75) is 23.8 Å². The molecule has 1 aliphatic heterocycles. The lowest BCUT2D eigenvalue weighted by molar-refractivity contribution is -0.117. The first kappa shape index (κ1) is 23.4. The van der Waals surface area contributed by atoms with Gasteiger partial charge in [0.2, 0.25) is 15.9 Å². The summed E-state index contributed by atoms with van der Waals surface area (Å²) >= 11 is 0. The molecule has 2 aromatic rings. The third kappa shape index (κ3) is 5.68. The number of hydrogen-bond acceptors (Lipinski definition) is 6. The van der Waals surface area contributed by atoms with Crippen molar-refractivity contribution in [1.29, 1.82) is 0 Å². The maximum absolute atomic E-state index is 12.4. The van der Waals surface area contributed by atoms with E-state index in [9.17, 15) is 18.0 Å². The Balaban J connectivity index is 1.49. The van der Waals surface area contributed by atoms with Crippen LogP contribution in [0.25, 0.3) is 0 Å². The lowest BCUT2D eigenvalue weighted by Crippen LogP contribution is -2.43. The zero-order chi connectivity index (χ0) is 23.3. The van der Waals surface area contributed by atoms with E-state index in [4.69, 9.17) is 14.6 Å². The van der Waals surface area contributed by atoms with Crippen molar-refractivity contribution < 1.29 is 27.5 Å². The average Bonchev–Trinajstić information content (AvgIpc) is 3.12. The number of nitrogens with zero attached hydrogens (tertiary/aromatic N) is 1. The standard InChI is InChI=1S/C21H26N4O6S/c1-30-18-8-5-16(12-19(18)31-2)25-13-15(11-20(25)26)24-21(27)23-10-9-14-3-6-17(7-4-14)32(22,28)29/h3-8,12,15H,9-11,13H2,1-2H3,(H2,22,28,29)(H2,23,24,27)/t15-/m0/s1. The minimum Gasteiger partial charge on any atom is -0.493 e. The Labute approximate surface area is 186 Å². The molecule has 1 heterocycles. The van der Waals surface area contributed by atoms with Gasteiger partial charge < -0.3 is 25.0 Å². The Kier molecular flexibility index (Phi) is 7.21. The molecule has 0 unspecified atom stereocenters. The molecule has 3 amide bonds. The summed E-state index contributed by atoms with van der Waals surface area (Å²) in [4.78, 5) is 26.3. The summed E-state index contributed by atoms with van der Waals surface area (Å²) in [5.41, 5.74) is 1.52. The van der Waals surface area contributed by atoms with Gasteiger partial charge in [-0.3, -0.25) is 4.79 Å². The maximum Gasteiger partial charge on any atom is 0.315 e. The number of urea groups is 1. The summed E-state index contributed by atoms with van der Waals surface area (Å²) in [6.45, 7) is 0.692. The Hall–Kier alpha value is -3.31. The van der Waals surface area contributed by atoms with E-state index in [2.05, 4.69) is 10.6 Å². The lowest BCUT2D eigenvalue weighted by atomic mass is 10.1. The van der Waals surface area contributed by atoms with Gasteiger partial charge >= 0.3 is 6.03 Å². The number of primary sulfonamides is 1. The number of ether oxygens (including phenoxy) is 2. The first-order chi connectivity index (χ1) is 15.2. The van der Waals surface area contributed by atoms with E-state index in [0.29, 0.717) is 36.7 Å². The summed E-state index contributed by atoms with van der Waals surface area (Å²) in [5, 5.41) is 10.6. The van der Waals surface area contributed by atoms with Crippen molar-refractivity contribution in [1.82, 2.24) is 10.6 Å². The molecular weight excluding hydrogens is 436 g/mol. The molecule has 3 rings (SSSR count). The molecule has 0 saturated carbocycles. The van der Waals surface area contributed by atoms with Gasteiger partial charge in [0.05, 0.1) is 25.2 Å². The predicted octanol–water partition coefficient (Wildman–Crippen LogP) is 0.998. The van der Waals surface area contributed by atoms with E-state index in [1.807, 2.05) is 0 Å². The highest BCUT2D eigenvalue weighted by Crippen LogP contribution is 2.33. The molecule has 10 nitrogen and oxygen atoms in total. The first-order valence-corrected chi connectivity index (χ1v) is 11.4. The lowest BCUT2D eigenvalue weighted by Gasteiger charge is -2.19. The molecule has 1 aliphatic rings. The van der Waals surface area contributed by atoms with Crippen molar-refractivity contribution in [3.05, 3.63) is 48.0 Å². The van der Waals surface area contributed by atoms with Gasteiger partial charge in [0.15, 0.2) is 11.5 Å². The number of anilines is 1. The number of nitrogens with two attached hydrogens (primary N) is 1. The largest absolute Gasteiger partial charge is 0.493 e. The number of rotatable bonds is 8. The van der Waals surface area contributed by atoms with Crippen LogP contribution >= 0.6 is 0 Å². The number of hydrogen-bond donors (Lipinski definition) is 3. The van der Waals surface area contributed by atoms with E-state index in [1.165, 1.54) is 26.4 Å². The molecule has 2 aromatic carbocycles. The first-order valence-electron chi connectivity index (χ1n) is 9.89. The number of benzene rings is 2. The molecule has 1 saturated heterocycles. The topological polar surface area (TPSA) is 140 Å². The van der Waals surface area contributed by atoms with Gasteiger partial charge in [0.1, 0.15) is 0 Å². The molecule has 4 N–H and O–H groups in total. The number of amides is 3. The second-order valence-electron chi connectivity index (χ2n) is 7.28. The van der Waals surface area contributed by atoms with Crippen LogP contribution in [-0.2, 0) is 21.2 Å². The number of carbonyl (C=O) groups is 2. The third-order valence-electron chi connectivity index (χ3n) is 5.09. The number of sulfonamides is 1. The van der Waals surface area contributed by atoms with Gasteiger partial charge in [-0.1, -0.05) is 12.1 Å². The van der Waals surface area contributed by atoms with Crippen LogP contribution in [0.1, 0.15) is 12.0 Å². The summed E-state index contributed by atoms with van der Waals surface area (Å²) in [5.74, 6) is 0.984. The quantitative estimate of drug-likeness (QED) is 0.535. The molecule has 172 valence electrons. The normalized spacial score (nSPS) is 16.0. The number of nitrogens with one attached hydrogen (secondary N) is 2. The van der Waals surface area contributed by atoms with Crippen molar-refractivity contribution in [2.24, 2.45) is 5.14 Å². The number of carbonyl (C=O) groups excluding carboxylic acids is 2. The smallest absolute Gasteiger partial charge is 0.315 e. The monoisotopic (exact) mass is 462 g/mol. The van der Waals surface area contributed by atoms with Gasteiger partial charge in [-0.2, -0.15) is 0 Å². The molecule has 0 bridgehead atoms. The minimum absolute atomic E-state index is 0.0388. The Morgan fingerprint density at radius 3 is 2.44 bits per heavy atom. The summed E-state index contributed by atoms with van der Waals surface area (Å²) in [6.07, 6.45) is 0.705. The zero-order valence-corrected chi connectivity index (χ0v) is 18.6. The maximum atomic E-state index is 12.4. The van der Waals surface area contributed by atoms with E-state index >= 15 is 0 Å². The van der Waals surface area contributed by atoms with Crippen LogP contribution in [0.4, 0.5) is 10.5 Å². The zero-order valence-electron chi connectivity index (χ0n) is 17.8. The molecule has 0 aliphatic carbocycles. The van der Waals surface area contributed by atoms with Crippen LogP contribution in [0.2, 0.25) is 0 Å². The molecule has 0 radical (unpaired) electrons. The summed E-state index contributed by atoms with van der Waals surface area (Å²) in [7, 11) is -0.665. The molecule has 1 fully saturated rings. The van der Waals surface area contributed by atoms with Crippen LogP contribution in [0.5, 0.6) is 11.5 Å². The van der Waals surface area contributed by atoms with Crippen molar-refractivity contribution >= 4 is 27.6 Å². The van der Waals surface area contributed by atoms with E-state index in [0.717, 1.165) is 5.56 Å². The van der Waals surface area contributed by atoms with Gasteiger partial charge in [-0.15, -0.1) is 0 Å². The average molecular weight is 463 g/mol. The Morgan fingerprint density at radius 1 is 1.12 bits per heavy atom. The van der Waals surface area contributed by atoms with E-state index in [-0.39, 0.29) is 29.3 Å². The summed E-state index contributed by atoms with van der Waals surface area (Å²) < 4.78 is 33.1. The van der Waals surface area contributed by atoms with Crippen LogP contribution in [-0.4, -0.2) is 53.7 Å². The predicted molar refractivity (Wildman–Crippen MR) is 118 cm³/mol. The Morgan fingerprint density at radius 2 is 1.81 bits per heavy atom. The van der Waals surface area contributed by atoms with Gasteiger partial charge in [-0.25, -0.2) is 18.4 Å². The van der Waals surface area contributed by atoms with Crippen molar-refractivity contribution in [3.63, 3.8) is 0 Å². The molecule has 1 atom stereocenters. The van der Waals surface area contributed by atoms with Crippen LogP contribution in [0.15, 0.2) is 47.4 Å². The van der Waals surface area contributed by atoms with Crippen LogP contribution in [0.3, 0.4) is 0 Å². The summed E-state index contributed by atoms with van der Waals surface area (Å²) in [6, 6.07) is 10.7. The van der Waals surface area contributed by atoms with E-state index in [1.54, 1.807) is 35.2 Å². The number of methoxy groups -OCH3 is 2. The van der Waals surface area contributed by atoms with Gasteiger partial charge in [0, 0.05) is 31.3 Å². The second-order valence-corrected chi connectivity index (χ2v) is 8.85. The third-order valence-corrected chi connectivity index (χ3v) is 6.02. The van der Waals surface area contributed by atoms with E-state index < -0.39 is 10.0 Å². The molecular formula is C21H26N4O6S. The highest BCUT2D eigenvalue weighted by molar-refractivity contribution is 7.89. The van der Waals surface area contributed by atoms with Gasteiger partial charge in [-0.05, 0) is 36.2 Å². The van der Waals surface area contributed by atoms with Crippen LogP contribution in [0, 0.1) is 0 Å². The fraction of sp³-hybridized carbons (Fsp3) is 0.333. The van der Waals surface area contributed by atoms with Crippen LogP contribution < -0.4 is 30.1 Å². The fourth-order valence-electron chi connectivity index (χ4n) is 3.45. The fourth-order valence-corrected chi connectivity index (χ4v) is 3.96. The van der Waals surface area contributed by atoms with Crippen molar-refractivity contribution in [3.8, 4) is 11.5 Å². The molecule has 0 spiro atoms.